The topological polar surface area (TPSA) is 77.4 Å². The number of hydrogen-bond acceptors (Lipinski definition) is 6. The van der Waals surface area contributed by atoms with E-state index in [1.807, 2.05) is 6.92 Å². The van der Waals surface area contributed by atoms with Crippen molar-refractivity contribution >= 4 is 11.7 Å². The van der Waals surface area contributed by atoms with E-state index in [1.165, 1.54) is 14.2 Å². The number of ether oxygens (including phenoxy) is 3. The summed E-state index contributed by atoms with van der Waals surface area (Å²) in [5, 5.41) is 11.9. The second-order valence-corrected chi connectivity index (χ2v) is 3.98. The van der Waals surface area contributed by atoms with Crippen LogP contribution >= 0.6 is 0 Å². The van der Waals surface area contributed by atoms with E-state index >= 15 is 0 Å². The van der Waals surface area contributed by atoms with Crippen LogP contribution in [0.15, 0.2) is 35.4 Å². The van der Waals surface area contributed by atoms with Crippen molar-refractivity contribution in [2.45, 2.75) is 13.8 Å². The highest BCUT2D eigenvalue weighted by molar-refractivity contribution is 5.98. The van der Waals surface area contributed by atoms with Gasteiger partial charge in [-0.05, 0) is 25.5 Å². The molecule has 0 saturated heterocycles. The maximum Gasteiger partial charge on any atom is 0.377 e. The van der Waals surface area contributed by atoms with Crippen molar-refractivity contribution in [3.8, 4) is 5.75 Å². The zero-order chi connectivity index (χ0) is 15.1. The van der Waals surface area contributed by atoms with Crippen LogP contribution < -0.4 is 4.74 Å². The molecule has 0 fully saturated rings. The second-order valence-electron chi connectivity index (χ2n) is 3.98. The average Bonchev–Trinajstić information content (AvgIpc) is 2.47. The Morgan fingerprint density at radius 2 is 2.05 bits per heavy atom. The van der Waals surface area contributed by atoms with Crippen molar-refractivity contribution in [2.24, 2.45) is 5.16 Å². The standard InChI is InChI=1S/C14H17NO5/c1-9-5-6-11(10(2)15-17)7-12(9)20-13(8-18-3)14(16)19-4/h5-8,17H,1-4H3/b13-8-,15-10+. The van der Waals surface area contributed by atoms with E-state index in [-0.39, 0.29) is 5.76 Å². The first-order valence-electron chi connectivity index (χ1n) is 5.82. The van der Waals surface area contributed by atoms with E-state index in [0.717, 1.165) is 11.8 Å². The zero-order valence-electron chi connectivity index (χ0n) is 11.8. The van der Waals surface area contributed by atoms with E-state index in [0.29, 0.717) is 17.0 Å². The Morgan fingerprint density at radius 1 is 1.35 bits per heavy atom. The Morgan fingerprint density at radius 3 is 2.60 bits per heavy atom. The molecule has 0 radical (unpaired) electrons. The number of carbonyl (C=O) groups is 1. The van der Waals surface area contributed by atoms with Crippen LogP contribution in [-0.4, -0.2) is 31.1 Å². The molecule has 6 nitrogen and oxygen atoms in total. The summed E-state index contributed by atoms with van der Waals surface area (Å²) < 4.78 is 14.9. The molecule has 0 aliphatic carbocycles. The SMILES string of the molecule is CO/C=C(\Oc1cc(/C(C)=N/O)ccc1C)C(=O)OC. The maximum atomic E-state index is 11.5. The molecule has 1 aromatic rings. The summed E-state index contributed by atoms with van der Waals surface area (Å²) in [6, 6.07) is 5.24. The largest absolute Gasteiger partial charge is 0.500 e. The van der Waals surface area contributed by atoms with Crippen LogP contribution in [-0.2, 0) is 14.3 Å². The van der Waals surface area contributed by atoms with Gasteiger partial charge in [-0.1, -0.05) is 17.3 Å². The number of oxime groups is 1. The fraction of sp³-hybridized carbons (Fsp3) is 0.286. The first-order chi connectivity index (χ1) is 9.53. The Labute approximate surface area is 117 Å². The average molecular weight is 279 g/mol. The second kappa shape index (κ2) is 7.18. The monoisotopic (exact) mass is 279 g/mol. The molecule has 20 heavy (non-hydrogen) atoms. The summed E-state index contributed by atoms with van der Waals surface area (Å²) in [7, 11) is 2.65. The molecule has 1 rings (SSSR count). The molecule has 0 aliphatic heterocycles. The van der Waals surface area contributed by atoms with Gasteiger partial charge in [0.15, 0.2) is 0 Å². The van der Waals surface area contributed by atoms with Crippen molar-refractivity contribution in [3.63, 3.8) is 0 Å². The number of aryl methyl sites for hydroxylation is 1. The molecule has 0 unspecified atom stereocenters. The van der Waals surface area contributed by atoms with E-state index in [4.69, 9.17) is 14.7 Å². The molecule has 1 aromatic carbocycles. The molecule has 0 amide bonds. The lowest BCUT2D eigenvalue weighted by Gasteiger charge is -2.11. The molecular weight excluding hydrogens is 262 g/mol. The van der Waals surface area contributed by atoms with Gasteiger partial charge >= 0.3 is 5.97 Å². The van der Waals surface area contributed by atoms with Crippen LogP contribution in [0.1, 0.15) is 18.1 Å². The molecule has 0 heterocycles. The van der Waals surface area contributed by atoms with Crippen molar-refractivity contribution in [1.82, 2.24) is 0 Å². The summed E-state index contributed by atoms with van der Waals surface area (Å²) in [4.78, 5) is 11.5. The molecule has 0 atom stereocenters. The molecule has 0 spiro atoms. The van der Waals surface area contributed by atoms with Gasteiger partial charge in [0.1, 0.15) is 12.0 Å². The van der Waals surface area contributed by atoms with Crippen LogP contribution in [0.2, 0.25) is 0 Å². The Hall–Kier alpha value is -2.50. The van der Waals surface area contributed by atoms with E-state index < -0.39 is 5.97 Å². The highest BCUT2D eigenvalue weighted by atomic mass is 16.6. The smallest absolute Gasteiger partial charge is 0.377 e. The summed E-state index contributed by atoms with van der Waals surface area (Å²) in [6.07, 6.45) is 1.16. The molecule has 0 bridgehead atoms. The number of rotatable bonds is 5. The summed E-state index contributed by atoms with van der Waals surface area (Å²) in [6.45, 7) is 3.48. The lowest BCUT2D eigenvalue weighted by Crippen LogP contribution is -2.12. The predicted molar refractivity (Wildman–Crippen MR) is 72.9 cm³/mol. The molecule has 6 heteroatoms. The van der Waals surface area contributed by atoms with Crippen LogP contribution in [0, 0.1) is 6.92 Å². The molecule has 0 aromatic heterocycles. The van der Waals surface area contributed by atoms with Gasteiger partial charge in [-0.15, -0.1) is 0 Å². The van der Waals surface area contributed by atoms with E-state index in [1.54, 1.807) is 25.1 Å². The third-order valence-electron chi connectivity index (χ3n) is 2.59. The minimum absolute atomic E-state index is 0.0751. The van der Waals surface area contributed by atoms with Crippen LogP contribution in [0.3, 0.4) is 0 Å². The highest BCUT2D eigenvalue weighted by Crippen LogP contribution is 2.22. The fourth-order valence-electron chi connectivity index (χ4n) is 1.43. The molecule has 0 aliphatic rings. The fourth-order valence-corrected chi connectivity index (χ4v) is 1.43. The zero-order valence-corrected chi connectivity index (χ0v) is 11.8. The van der Waals surface area contributed by atoms with Gasteiger partial charge in [-0.2, -0.15) is 0 Å². The minimum atomic E-state index is -0.649. The van der Waals surface area contributed by atoms with Gasteiger partial charge in [0.25, 0.3) is 0 Å². The lowest BCUT2D eigenvalue weighted by molar-refractivity contribution is -0.138. The third-order valence-corrected chi connectivity index (χ3v) is 2.59. The summed E-state index contributed by atoms with van der Waals surface area (Å²) in [5.41, 5.74) is 1.92. The third kappa shape index (κ3) is 3.74. The molecule has 1 N–H and O–H groups in total. The Balaban J connectivity index is 3.12. The normalized spacial score (nSPS) is 12.0. The summed E-state index contributed by atoms with van der Waals surface area (Å²) in [5.74, 6) is -0.280. The number of methoxy groups -OCH3 is 2. The van der Waals surface area contributed by atoms with Crippen molar-refractivity contribution in [3.05, 3.63) is 41.3 Å². The molecule has 0 saturated carbocycles. The van der Waals surface area contributed by atoms with E-state index in [2.05, 4.69) is 9.89 Å². The van der Waals surface area contributed by atoms with Crippen LogP contribution in [0.5, 0.6) is 5.75 Å². The molecule has 108 valence electrons. The van der Waals surface area contributed by atoms with E-state index in [9.17, 15) is 4.79 Å². The Kier molecular flexibility index (Phi) is 5.58. The number of carbonyl (C=O) groups excluding carboxylic acids is 1. The number of nitrogens with zero attached hydrogens (tertiary/aromatic N) is 1. The van der Waals surface area contributed by atoms with Gasteiger partial charge in [-0.25, -0.2) is 4.79 Å². The Bertz CT molecular complexity index is 548. The van der Waals surface area contributed by atoms with Gasteiger partial charge < -0.3 is 19.4 Å². The minimum Gasteiger partial charge on any atom is -0.500 e. The van der Waals surface area contributed by atoms with Crippen molar-refractivity contribution in [1.29, 1.82) is 0 Å². The quantitative estimate of drug-likeness (QED) is 0.223. The first-order valence-corrected chi connectivity index (χ1v) is 5.82. The maximum absolute atomic E-state index is 11.5. The van der Waals surface area contributed by atoms with Crippen LogP contribution in [0.25, 0.3) is 0 Å². The number of hydrogen-bond donors (Lipinski definition) is 1. The lowest BCUT2D eigenvalue weighted by atomic mass is 10.1. The van der Waals surface area contributed by atoms with Crippen molar-refractivity contribution in [2.75, 3.05) is 14.2 Å². The number of benzene rings is 1. The van der Waals surface area contributed by atoms with Gasteiger partial charge in [-0.3, -0.25) is 0 Å². The van der Waals surface area contributed by atoms with Crippen molar-refractivity contribution < 1.29 is 24.2 Å². The predicted octanol–water partition coefficient (Wildman–Crippen LogP) is 2.23. The first kappa shape index (κ1) is 15.6. The van der Waals surface area contributed by atoms with Crippen LogP contribution in [0.4, 0.5) is 0 Å². The van der Waals surface area contributed by atoms with Gasteiger partial charge in [0.2, 0.25) is 5.76 Å². The van der Waals surface area contributed by atoms with Gasteiger partial charge in [0.05, 0.1) is 19.9 Å². The number of esters is 1. The summed E-state index contributed by atoms with van der Waals surface area (Å²) >= 11 is 0. The highest BCUT2D eigenvalue weighted by Gasteiger charge is 2.15. The molecular formula is C14H17NO5. The van der Waals surface area contributed by atoms with Gasteiger partial charge in [0, 0.05) is 5.56 Å².